The molecular weight excluding hydrogens is 264 g/mol. The van der Waals surface area contributed by atoms with E-state index in [0.717, 1.165) is 31.6 Å². The largest absolute Gasteiger partial charge is 0.497 e. The van der Waals surface area contributed by atoms with Crippen LogP contribution >= 0.6 is 0 Å². The molecule has 1 fully saturated rings. The van der Waals surface area contributed by atoms with Crippen molar-refractivity contribution in [1.29, 1.82) is 0 Å². The topological polar surface area (TPSA) is 58.7 Å². The van der Waals surface area contributed by atoms with Crippen molar-refractivity contribution in [2.75, 3.05) is 20.7 Å². The third-order valence-corrected chi connectivity index (χ3v) is 4.57. The number of aliphatic hydroxyl groups excluding tert-OH is 1. The van der Waals surface area contributed by atoms with Gasteiger partial charge in [-0.1, -0.05) is 19.1 Å². The van der Waals surface area contributed by atoms with Crippen LogP contribution < -0.4 is 10.5 Å². The molecule has 0 aromatic heterocycles. The molecule has 118 valence electrons. The van der Waals surface area contributed by atoms with Crippen molar-refractivity contribution in [3.63, 3.8) is 0 Å². The third-order valence-electron chi connectivity index (χ3n) is 4.57. The predicted molar refractivity (Wildman–Crippen MR) is 85.4 cm³/mol. The molecule has 0 spiro atoms. The Hall–Kier alpha value is -1.10. The van der Waals surface area contributed by atoms with Crippen LogP contribution in [0.1, 0.15) is 37.8 Å². The van der Waals surface area contributed by atoms with Gasteiger partial charge in [0.05, 0.1) is 13.2 Å². The summed E-state index contributed by atoms with van der Waals surface area (Å²) in [6, 6.07) is 8.50. The molecule has 0 aliphatic heterocycles. The first-order chi connectivity index (χ1) is 10.0. The number of benzene rings is 1. The van der Waals surface area contributed by atoms with Gasteiger partial charge in [0.15, 0.2) is 0 Å². The summed E-state index contributed by atoms with van der Waals surface area (Å²) in [6.45, 7) is 3.11. The minimum atomic E-state index is -0.0947. The Labute approximate surface area is 127 Å². The zero-order chi connectivity index (χ0) is 15.4. The van der Waals surface area contributed by atoms with Crippen LogP contribution in [0.3, 0.4) is 0 Å². The van der Waals surface area contributed by atoms with Gasteiger partial charge in [0.2, 0.25) is 0 Å². The van der Waals surface area contributed by atoms with Crippen molar-refractivity contribution in [1.82, 2.24) is 4.90 Å². The van der Waals surface area contributed by atoms with E-state index >= 15 is 0 Å². The summed E-state index contributed by atoms with van der Waals surface area (Å²) in [4.78, 5) is 2.34. The molecule has 3 N–H and O–H groups in total. The van der Waals surface area contributed by atoms with Crippen LogP contribution in [0, 0.1) is 5.92 Å². The van der Waals surface area contributed by atoms with E-state index in [1.165, 1.54) is 5.56 Å². The number of nitrogens with two attached hydrogens (primary N) is 1. The maximum absolute atomic E-state index is 9.44. The van der Waals surface area contributed by atoms with Crippen molar-refractivity contribution < 1.29 is 9.84 Å². The summed E-state index contributed by atoms with van der Waals surface area (Å²) >= 11 is 0. The lowest BCUT2D eigenvalue weighted by atomic mass is 9.81. The van der Waals surface area contributed by atoms with E-state index in [0.29, 0.717) is 5.92 Å². The summed E-state index contributed by atoms with van der Waals surface area (Å²) < 4.78 is 5.23. The molecule has 1 aromatic carbocycles. The average molecular weight is 292 g/mol. The number of ether oxygens (including phenoxy) is 1. The summed E-state index contributed by atoms with van der Waals surface area (Å²) in [5.41, 5.74) is 7.59. The normalized spacial score (nSPS) is 24.5. The molecule has 1 aliphatic rings. The molecule has 0 amide bonds. The Balaban J connectivity index is 2.08. The zero-order valence-corrected chi connectivity index (χ0v) is 13.3. The summed E-state index contributed by atoms with van der Waals surface area (Å²) in [7, 11) is 3.81. The summed E-state index contributed by atoms with van der Waals surface area (Å²) in [5.74, 6) is 1.46. The highest BCUT2D eigenvalue weighted by molar-refractivity contribution is 5.30. The number of likely N-dealkylation sites (N-methyl/N-ethyl adjacent to an activating group) is 1. The van der Waals surface area contributed by atoms with Crippen LogP contribution in [0.5, 0.6) is 5.75 Å². The van der Waals surface area contributed by atoms with Gasteiger partial charge in [-0.05, 0) is 49.9 Å². The van der Waals surface area contributed by atoms with Crippen LogP contribution in [0.25, 0.3) is 0 Å². The maximum Gasteiger partial charge on any atom is 0.118 e. The van der Waals surface area contributed by atoms with Crippen molar-refractivity contribution >= 4 is 0 Å². The SMILES string of the molecule is CCC(N)C(c1ccc(OC)cc1)N(C)CC1CC(O)C1. The number of hydrogen-bond acceptors (Lipinski definition) is 4. The molecule has 2 atom stereocenters. The molecule has 0 radical (unpaired) electrons. The lowest BCUT2D eigenvalue weighted by Gasteiger charge is -2.39. The standard InChI is InChI=1S/C17H28N2O2/c1-4-16(18)17(13-5-7-15(21-3)8-6-13)19(2)11-12-9-14(20)10-12/h5-8,12,14,16-17,20H,4,9-11,18H2,1-3H3. The van der Waals surface area contributed by atoms with Crippen molar-refractivity contribution in [2.24, 2.45) is 11.7 Å². The van der Waals surface area contributed by atoms with Crippen LogP contribution in [0.2, 0.25) is 0 Å². The van der Waals surface area contributed by atoms with Gasteiger partial charge in [-0.2, -0.15) is 0 Å². The molecular formula is C17H28N2O2. The van der Waals surface area contributed by atoms with Crippen molar-refractivity contribution in [3.05, 3.63) is 29.8 Å². The minimum Gasteiger partial charge on any atom is -0.497 e. The van der Waals surface area contributed by atoms with E-state index in [2.05, 4.69) is 31.0 Å². The van der Waals surface area contributed by atoms with Gasteiger partial charge in [-0.15, -0.1) is 0 Å². The molecule has 4 nitrogen and oxygen atoms in total. The minimum absolute atomic E-state index is 0.0947. The van der Waals surface area contributed by atoms with Gasteiger partial charge in [0.1, 0.15) is 5.75 Å². The van der Waals surface area contributed by atoms with Crippen LogP contribution in [-0.2, 0) is 0 Å². The smallest absolute Gasteiger partial charge is 0.118 e. The van der Waals surface area contributed by atoms with Gasteiger partial charge < -0.3 is 15.6 Å². The lowest BCUT2D eigenvalue weighted by molar-refractivity contribution is 0.0197. The highest BCUT2D eigenvalue weighted by Gasteiger charge is 2.31. The number of nitrogens with zero attached hydrogens (tertiary/aromatic N) is 1. The number of rotatable bonds is 7. The zero-order valence-electron chi connectivity index (χ0n) is 13.3. The van der Waals surface area contributed by atoms with E-state index in [1.807, 2.05) is 12.1 Å². The molecule has 0 bridgehead atoms. The van der Waals surface area contributed by atoms with E-state index in [4.69, 9.17) is 10.5 Å². The van der Waals surface area contributed by atoms with Gasteiger partial charge in [0, 0.05) is 18.6 Å². The quantitative estimate of drug-likeness (QED) is 0.808. The maximum atomic E-state index is 9.44. The number of aliphatic hydroxyl groups is 1. The summed E-state index contributed by atoms with van der Waals surface area (Å²) in [6.07, 6.45) is 2.68. The van der Waals surface area contributed by atoms with Crippen LogP contribution in [-0.4, -0.2) is 42.9 Å². The first kappa shape index (κ1) is 16.3. The fraction of sp³-hybridized carbons (Fsp3) is 0.647. The third kappa shape index (κ3) is 3.96. The Bertz CT molecular complexity index is 429. The van der Waals surface area contributed by atoms with Crippen molar-refractivity contribution in [3.8, 4) is 5.75 Å². The van der Waals surface area contributed by atoms with E-state index < -0.39 is 0 Å². The first-order valence-corrected chi connectivity index (χ1v) is 7.83. The Morgan fingerprint density at radius 3 is 2.43 bits per heavy atom. The first-order valence-electron chi connectivity index (χ1n) is 7.83. The molecule has 0 saturated heterocycles. The second-order valence-electron chi connectivity index (χ2n) is 6.22. The fourth-order valence-electron chi connectivity index (χ4n) is 3.22. The molecule has 0 heterocycles. The molecule has 2 unspecified atom stereocenters. The molecule has 1 aliphatic carbocycles. The van der Waals surface area contributed by atoms with E-state index in [-0.39, 0.29) is 18.2 Å². The van der Waals surface area contributed by atoms with Crippen LogP contribution in [0.4, 0.5) is 0 Å². The molecule has 21 heavy (non-hydrogen) atoms. The molecule has 1 saturated carbocycles. The van der Waals surface area contributed by atoms with Gasteiger partial charge >= 0.3 is 0 Å². The Morgan fingerprint density at radius 2 is 1.95 bits per heavy atom. The second-order valence-corrected chi connectivity index (χ2v) is 6.22. The van der Waals surface area contributed by atoms with E-state index in [9.17, 15) is 5.11 Å². The van der Waals surface area contributed by atoms with E-state index in [1.54, 1.807) is 7.11 Å². The second kappa shape index (κ2) is 7.25. The highest BCUT2D eigenvalue weighted by Crippen LogP contribution is 2.32. The van der Waals surface area contributed by atoms with Gasteiger partial charge in [-0.3, -0.25) is 4.90 Å². The molecule has 1 aromatic rings. The van der Waals surface area contributed by atoms with Crippen LogP contribution in [0.15, 0.2) is 24.3 Å². The number of hydrogen-bond donors (Lipinski definition) is 2. The van der Waals surface area contributed by atoms with Gasteiger partial charge in [0.25, 0.3) is 0 Å². The summed E-state index contributed by atoms with van der Waals surface area (Å²) in [5, 5.41) is 9.44. The average Bonchev–Trinajstić information content (AvgIpc) is 2.46. The monoisotopic (exact) mass is 292 g/mol. The molecule has 2 rings (SSSR count). The molecule has 4 heteroatoms. The van der Waals surface area contributed by atoms with Crippen molar-refractivity contribution in [2.45, 2.75) is 44.4 Å². The lowest BCUT2D eigenvalue weighted by Crippen LogP contribution is -2.44. The predicted octanol–water partition coefficient (Wildman–Crippen LogP) is 2.18. The Morgan fingerprint density at radius 1 is 1.33 bits per heavy atom. The highest BCUT2D eigenvalue weighted by atomic mass is 16.5. The fourth-order valence-corrected chi connectivity index (χ4v) is 3.22. The van der Waals surface area contributed by atoms with Gasteiger partial charge in [-0.25, -0.2) is 0 Å². The Kier molecular flexibility index (Phi) is 5.62. The number of methoxy groups -OCH3 is 1.